The summed E-state index contributed by atoms with van der Waals surface area (Å²) in [6, 6.07) is 16.2. The molecule has 1 aliphatic carbocycles. The molecule has 36 heavy (non-hydrogen) atoms. The Morgan fingerprint density at radius 2 is 1.89 bits per heavy atom. The maximum atomic E-state index is 13.1. The first-order valence-corrected chi connectivity index (χ1v) is 12.2. The molecule has 3 N–H and O–H groups in total. The van der Waals surface area contributed by atoms with Gasteiger partial charge in [0.2, 0.25) is 0 Å². The summed E-state index contributed by atoms with van der Waals surface area (Å²) in [5.41, 5.74) is 1.23. The number of fused-ring (bicyclic) bond motifs is 1. The lowest BCUT2D eigenvalue weighted by atomic mass is 9.85. The number of benzene rings is 2. The second kappa shape index (κ2) is 9.94. The van der Waals surface area contributed by atoms with Gasteiger partial charge >= 0.3 is 0 Å². The molecular weight excluding hydrogens is 458 g/mol. The summed E-state index contributed by atoms with van der Waals surface area (Å²) >= 11 is 0. The minimum atomic E-state index is -0.860. The van der Waals surface area contributed by atoms with Gasteiger partial charge in [-0.3, -0.25) is 14.7 Å². The van der Waals surface area contributed by atoms with E-state index < -0.39 is 5.60 Å². The molecule has 0 atom stereocenters. The molecule has 0 unspecified atom stereocenters. The number of hydrogen-bond donors (Lipinski definition) is 3. The SMILES string of the molecule is Cc1cccc(OCc2cc(=O)n3[nH]c(-c4ccccc4)nc3n2)c1C(=O)NCC1(O)CCCCC1. The molecule has 2 aromatic heterocycles. The van der Waals surface area contributed by atoms with Crippen molar-refractivity contribution in [2.24, 2.45) is 0 Å². The van der Waals surface area contributed by atoms with Gasteiger partial charge in [0.25, 0.3) is 17.2 Å². The number of amides is 1. The summed E-state index contributed by atoms with van der Waals surface area (Å²) in [5, 5.41) is 16.6. The van der Waals surface area contributed by atoms with Gasteiger partial charge in [-0.15, -0.1) is 0 Å². The highest BCUT2D eigenvalue weighted by atomic mass is 16.5. The predicted molar refractivity (Wildman–Crippen MR) is 135 cm³/mol. The number of aryl methyl sites for hydroxylation is 1. The van der Waals surface area contributed by atoms with E-state index in [2.05, 4.69) is 20.4 Å². The van der Waals surface area contributed by atoms with Gasteiger partial charge in [-0.25, -0.2) is 4.98 Å². The smallest absolute Gasteiger partial charge is 0.274 e. The third-order valence-electron chi connectivity index (χ3n) is 6.63. The largest absolute Gasteiger partial charge is 0.486 e. The van der Waals surface area contributed by atoms with E-state index in [4.69, 9.17) is 4.74 Å². The molecule has 5 rings (SSSR count). The van der Waals surface area contributed by atoms with Crippen LogP contribution in [-0.2, 0) is 6.61 Å². The van der Waals surface area contributed by atoms with E-state index in [1.807, 2.05) is 49.4 Å². The van der Waals surface area contributed by atoms with Crippen LogP contribution in [0.5, 0.6) is 5.75 Å². The number of rotatable bonds is 7. The number of H-pyrrole nitrogens is 1. The summed E-state index contributed by atoms with van der Waals surface area (Å²) < 4.78 is 7.25. The van der Waals surface area contributed by atoms with Crippen LogP contribution in [0.1, 0.15) is 53.7 Å². The third kappa shape index (κ3) is 5.01. The van der Waals surface area contributed by atoms with Gasteiger partial charge in [0.05, 0.1) is 16.9 Å². The molecule has 2 aromatic carbocycles. The van der Waals surface area contributed by atoms with Crippen molar-refractivity contribution >= 4 is 11.7 Å². The van der Waals surface area contributed by atoms with Crippen LogP contribution in [0, 0.1) is 6.92 Å². The number of aliphatic hydroxyl groups is 1. The molecule has 0 saturated heterocycles. The van der Waals surface area contributed by atoms with Crippen LogP contribution in [0.15, 0.2) is 59.4 Å². The van der Waals surface area contributed by atoms with Crippen LogP contribution >= 0.6 is 0 Å². The number of ether oxygens (including phenoxy) is 1. The fraction of sp³-hybridized carbons (Fsp3) is 0.333. The Hall–Kier alpha value is -3.98. The topological polar surface area (TPSA) is 122 Å². The number of carbonyl (C=O) groups excluding carboxylic acids is 1. The van der Waals surface area contributed by atoms with Crippen molar-refractivity contribution in [3.63, 3.8) is 0 Å². The Morgan fingerprint density at radius 1 is 1.11 bits per heavy atom. The van der Waals surface area contributed by atoms with Crippen molar-refractivity contribution in [1.82, 2.24) is 24.9 Å². The Bertz CT molecular complexity index is 1440. The van der Waals surface area contributed by atoms with E-state index in [0.29, 0.717) is 35.7 Å². The zero-order valence-corrected chi connectivity index (χ0v) is 20.2. The first kappa shape index (κ1) is 23.7. The molecule has 4 aromatic rings. The second-order valence-electron chi connectivity index (χ2n) is 9.36. The van der Waals surface area contributed by atoms with E-state index in [0.717, 1.165) is 30.4 Å². The zero-order valence-electron chi connectivity index (χ0n) is 20.2. The molecule has 1 amide bonds. The molecule has 0 radical (unpaired) electrons. The zero-order chi connectivity index (χ0) is 25.1. The fourth-order valence-electron chi connectivity index (χ4n) is 4.65. The van der Waals surface area contributed by atoms with E-state index >= 15 is 0 Å². The highest BCUT2D eigenvalue weighted by Gasteiger charge is 2.30. The van der Waals surface area contributed by atoms with E-state index in [1.54, 1.807) is 6.07 Å². The molecular formula is C27H29N5O4. The van der Waals surface area contributed by atoms with Gasteiger partial charge in [0.1, 0.15) is 12.4 Å². The quantitative estimate of drug-likeness (QED) is 0.367. The summed E-state index contributed by atoms with van der Waals surface area (Å²) in [6.07, 6.45) is 4.42. The van der Waals surface area contributed by atoms with Gasteiger partial charge in [0, 0.05) is 18.2 Å². The molecule has 0 aliphatic heterocycles. The molecule has 0 spiro atoms. The number of aromatic amines is 1. The van der Waals surface area contributed by atoms with E-state index in [-0.39, 0.29) is 30.4 Å². The normalized spacial score (nSPS) is 15.1. The number of carbonyl (C=O) groups is 1. The first-order chi connectivity index (χ1) is 17.4. The first-order valence-electron chi connectivity index (χ1n) is 12.2. The number of nitrogens with zero attached hydrogens (tertiary/aromatic N) is 3. The van der Waals surface area contributed by atoms with Gasteiger partial charge < -0.3 is 15.2 Å². The lowest BCUT2D eigenvalue weighted by Crippen LogP contribution is -2.44. The Balaban J connectivity index is 1.33. The van der Waals surface area contributed by atoms with Crippen LogP contribution in [0.2, 0.25) is 0 Å². The van der Waals surface area contributed by atoms with Crippen LogP contribution in [-0.4, -0.2) is 42.7 Å². The minimum Gasteiger partial charge on any atom is -0.486 e. The summed E-state index contributed by atoms with van der Waals surface area (Å²) in [5.74, 6) is 0.862. The van der Waals surface area contributed by atoms with Crippen molar-refractivity contribution in [1.29, 1.82) is 0 Å². The molecule has 1 fully saturated rings. The lowest BCUT2D eigenvalue weighted by molar-refractivity contribution is 0.00521. The Kier molecular flexibility index (Phi) is 6.56. The molecule has 0 bridgehead atoms. The minimum absolute atomic E-state index is 0.00700. The molecule has 2 heterocycles. The molecule has 9 heteroatoms. The highest BCUT2D eigenvalue weighted by Crippen LogP contribution is 2.28. The number of nitrogens with one attached hydrogen (secondary N) is 2. The van der Waals surface area contributed by atoms with E-state index in [1.165, 1.54) is 10.6 Å². The van der Waals surface area contributed by atoms with Crippen LogP contribution in [0.3, 0.4) is 0 Å². The molecule has 9 nitrogen and oxygen atoms in total. The van der Waals surface area contributed by atoms with Gasteiger partial charge in [0.15, 0.2) is 5.82 Å². The van der Waals surface area contributed by atoms with Gasteiger partial charge in [-0.2, -0.15) is 9.50 Å². The molecule has 1 saturated carbocycles. The summed E-state index contributed by atoms with van der Waals surface area (Å²) in [6.45, 7) is 2.03. The Labute approximate surface area is 208 Å². The lowest BCUT2D eigenvalue weighted by Gasteiger charge is -2.32. The van der Waals surface area contributed by atoms with Crippen LogP contribution in [0.4, 0.5) is 0 Å². The number of aromatic nitrogens is 4. The predicted octanol–water partition coefficient (Wildman–Crippen LogP) is 3.40. The maximum absolute atomic E-state index is 13.1. The van der Waals surface area contributed by atoms with Crippen molar-refractivity contribution in [2.75, 3.05) is 6.54 Å². The maximum Gasteiger partial charge on any atom is 0.274 e. The monoisotopic (exact) mass is 487 g/mol. The number of hydrogen-bond acceptors (Lipinski definition) is 6. The van der Waals surface area contributed by atoms with Crippen molar-refractivity contribution in [2.45, 2.75) is 51.2 Å². The van der Waals surface area contributed by atoms with Gasteiger partial charge in [-0.05, 0) is 31.4 Å². The average Bonchev–Trinajstić information content (AvgIpc) is 3.32. The third-order valence-corrected chi connectivity index (χ3v) is 6.63. The Morgan fingerprint density at radius 3 is 2.67 bits per heavy atom. The van der Waals surface area contributed by atoms with Crippen LogP contribution in [0.25, 0.3) is 17.2 Å². The van der Waals surface area contributed by atoms with Crippen molar-refractivity contribution < 1.29 is 14.6 Å². The second-order valence-corrected chi connectivity index (χ2v) is 9.36. The standard InChI is InChI=1S/C27H29N5O4/c1-18-9-8-12-21(23(18)25(34)28-17-27(35)13-6-3-7-14-27)36-16-20-15-22(33)32-26(29-20)30-24(31-32)19-10-4-2-5-11-19/h2,4-5,8-12,15,35H,3,6-7,13-14,16-17H2,1H3,(H,28,34)(H,29,30,31). The molecule has 186 valence electrons. The molecule has 1 aliphatic rings. The fourth-order valence-corrected chi connectivity index (χ4v) is 4.65. The van der Waals surface area contributed by atoms with Crippen molar-refractivity contribution in [3.05, 3.63) is 81.8 Å². The summed E-state index contributed by atoms with van der Waals surface area (Å²) in [4.78, 5) is 34.6. The highest BCUT2D eigenvalue weighted by molar-refractivity contribution is 5.98. The van der Waals surface area contributed by atoms with Gasteiger partial charge in [-0.1, -0.05) is 61.7 Å². The van der Waals surface area contributed by atoms with Crippen molar-refractivity contribution in [3.8, 4) is 17.1 Å². The average molecular weight is 488 g/mol. The summed E-state index contributed by atoms with van der Waals surface area (Å²) in [7, 11) is 0. The van der Waals surface area contributed by atoms with Crippen LogP contribution < -0.4 is 15.6 Å². The van der Waals surface area contributed by atoms with E-state index in [9.17, 15) is 14.7 Å².